The summed E-state index contributed by atoms with van der Waals surface area (Å²) in [5, 5.41) is 14.2. The van der Waals surface area contributed by atoms with Gasteiger partial charge < -0.3 is 16.3 Å². The van der Waals surface area contributed by atoms with E-state index in [9.17, 15) is 0 Å². The van der Waals surface area contributed by atoms with Crippen LogP contribution in [0, 0.1) is 0 Å². The average molecular weight is 165 g/mol. The fourth-order valence-electron chi connectivity index (χ4n) is 0.865. The molecule has 0 spiro atoms. The number of nitrogens with two attached hydrogens (primary N) is 1. The smallest absolute Gasteiger partial charge is 0.170 e. The number of hydrogen-bond acceptors (Lipinski definition) is 3. The van der Waals surface area contributed by atoms with E-state index in [1.165, 1.54) is 0 Å². The molecule has 0 saturated heterocycles. The Morgan fingerprint density at radius 1 is 1.42 bits per heavy atom. The van der Waals surface area contributed by atoms with E-state index in [1.807, 2.05) is 19.2 Å². The van der Waals surface area contributed by atoms with Gasteiger partial charge in [0.2, 0.25) is 0 Å². The second-order valence-electron chi connectivity index (χ2n) is 2.31. The zero-order valence-corrected chi connectivity index (χ0v) is 6.78. The Balaban J connectivity index is 2.92. The molecule has 4 N–H and O–H groups in total. The average Bonchev–Trinajstić information content (AvgIpc) is 2.17. The zero-order chi connectivity index (χ0) is 8.97. The molecule has 64 valence electrons. The minimum absolute atomic E-state index is 0.123. The maximum atomic E-state index is 8.36. The molecule has 0 fully saturated rings. The van der Waals surface area contributed by atoms with Crippen LogP contribution in [0.15, 0.2) is 29.4 Å². The molecule has 0 bridgehead atoms. The summed E-state index contributed by atoms with van der Waals surface area (Å²) >= 11 is 0. The number of nitrogens with zero attached hydrogens (tertiary/aromatic N) is 1. The Morgan fingerprint density at radius 3 is 2.42 bits per heavy atom. The molecule has 0 aromatic heterocycles. The second-order valence-corrected chi connectivity index (χ2v) is 2.31. The van der Waals surface area contributed by atoms with Crippen molar-refractivity contribution in [1.82, 2.24) is 0 Å². The lowest BCUT2D eigenvalue weighted by atomic mass is 10.2. The summed E-state index contributed by atoms with van der Waals surface area (Å²) in [7, 11) is 1.83. The van der Waals surface area contributed by atoms with E-state index in [1.54, 1.807) is 12.1 Å². The summed E-state index contributed by atoms with van der Waals surface area (Å²) in [6.45, 7) is 0. The number of anilines is 1. The molecule has 12 heavy (non-hydrogen) atoms. The molecule has 4 nitrogen and oxygen atoms in total. The van der Waals surface area contributed by atoms with Crippen molar-refractivity contribution in [2.75, 3.05) is 12.4 Å². The molecule has 1 aromatic carbocycles. The largest absolute Gasteiger partial charge is 0.409 e. The maximum Gasteiger partial charge on any atom is 0.170 e. The van der Waals surface area contributed by atoms with E-state index in [-0.39, 0.29) is 5.84 Å². The van der Waals surface area contributed by atoms with Gasteiger partial charge in [0, 0.05) is 18.3 Å². The summed E-state index contributed by atoms with van der Waals surface area (Å²) in [5.41, 5.74) is 7.06. The molecular weight excluding hydrogens is 154 g/mol. The molecule has 0 saturated carbocycles. The molecule has 0 aliphatic heterocycles. The number of hydrogen-bond donors (Lipinski definition) is 3. The van der Waals surface area contributed by atoms with Gasteiger partial charge >= 0.3 is 0 Å². The predicted octanol–water partition coefficient (Wildman–Crippen LogP) is 0.823. The molecule has 4 heteroatoms. The number of amidine groups is 1. The number of rotatable bonds is 2. The highest BCUT2D eigenvalue weighted by molar-refractivity contribution is 5.97. The van der Waals surface area contributed by atoms with Crippen molar-refractivity contribution < 1.29 is 5.21 Å². The second kappa shape index (κ2) is 3.61. The molecule has 1 rings (SSSR count). The molecule has 0 aliphatic carbocycles. The van der Waals surface area contributed by atoms with E-state index < -0.39 is 0 Å². The summed E-state index contributed by atoms with van der Waals surface area (Å²) in [5.74, 6) is 0.123. The predicted molar refractivity (Wildman–Crippen MR) is 48.5 cm³/mol. The number of benzene rings is 1. The van der Waals surface area contributed by atoms with Crippen LogP contribution in [0.3, 0.4) is 0 Å². The van der Waals surface area contributed by atoms with E-state index in [2.05, 4.69) is 10.5 Å². The first-order valence-electron chi connectivity index (χ1n) is 3.53. The Morgan fingerprint density at radius 2 is 2.00 bits per heavy atom. The first-order valence-corrected chi connectivity index (χ1v) is 3.53. The van der Waals surface area contributed by atoms with Crippen LogP contribution in [0.25, 0.3) is 0 Å². The maximum absolute atomic E-state index is 8.36. The lowest BCUT2D eigenvalue weighted by molar-refractivity contribution is 0.318. The summed E-state index contributed by atoms with van der Waals surface area (Å²) in [6.07, 6.45) is 0. The van der Waals surface area contributed by atoms with Crippen LogP contribution in [0.1, 0.15) is 5.56 Å². The highest BCUT2D eigenvalue weighted by Crippen LogP contribution is 2.07. The molecule has 1 aromatic rings. The van der Waals surface area contributed by atoms with Gasteiger partial charge in [0.15, 0.2) is 5.84 Å². The van der Waals surface area contributed by atoms with Gasteiger partial charge in [-0.2, -0.15) is 0 Å². The van der Waals surface area contributed by atoms with Gasteiger partial charge in [-0.3, -0.25) is 0 Å². The third-order valence-electron chi connectivity index (χ3n) is 1.58. The van der Waals surface area contributed by atoms with Gasteiger partial charge in [-0.1, -0.05) is 5.16 Å². The summed E-state index contributed by atoms with van der Waals surface area (Å²) in [4.78, 5) is 0. The van der Waals surface area contributed by atoms with Gasteiger partial charge in [0.25, 0.3) is 0 Å². The third-order valence-corrected chi connectivity index (χ3v) is 1.58. The molecule has 0 radical (unpaired) electrons. The van der Waals surface area contributed by atoms with Gasteiger partial charge in [-0.15, -0.1) is 0 Å². The Labute approximate surface area is 70.7 Å². The Bertz CT molecular complexity index is 279. The lowest BCUT2D eigenvalue weighted by Crippen LogP contribution is -2.12. The lowest BCUT2D eigenvalue weighted by Gasteiger charge is -2.01. The zero-order valence-electron chi connectivity index (χ0n) is 6.78. The van der Waals surface area contributed by atoms with Crippen LogP contribution < -0.4 is 11.1 Å². The minimum atomic E-state index is 0.123. The normalized spacial score (nSPS) is 11.2. The minimum Gasteiger partial charge on any atom is -0.409 e. The third kappa shape index (κ3) is 1.66. The van der Waals surface area contributed by atoms with Crippen LogP contribution in [0.2, 0.25) is 0 Å². The first kappa shape index (κ1) is 8.39. The van der Waals surface area contributed by atoms with Crippen molar-refractivity contribution in [1.29, 1.82) is 0 Å². The summed E-state index contributed by atoms with van der Waals surface area (Å²) in [6, 6.07) is 7.27. The topological polar surface area (TPSA) is 70.6 Å². The standard InChI is InChI=1S/C8H11N3O/c1-10-7-4-2-6(3-5-7)8(9)11-12/h2-5,10,12H,1H3,(H2,9,11). The highest BCUT2D eigenvalue weighted by Gasteiger charge is 1.96. The van der Waals surface area contributed by atoms with E-state index in [4.69, 9.17) is 10.9 Å². The quantitative estimate of drug-likeness (QED) is 0.263. The first-order chi connectivity index (χ1) is 5.77. The molecule has 0 unspecified atom stereocenters. The van der Waals surface area contributed by atoms with Crippen LogP contribution in [-0.4, -0.2) is 18.1 Å². The number of oxime groups is 1. The van der Waals surface area contributed by atoms with Crippen molar-refractivity contribution in [3.05, 3.63) is 29.8 Å². The van der Waals surface area contributed by atoms with Gasteiger partial charge in [0.05, 0.1) is 0 Å². The van der Waals surface area contributed by atoms with Crippen LogP contribution in [0.4, 0.5) is 5.69 Å². The van der Waals surface area contributed by atoms with Crippen LogP contribution in [0.5, 0.6) is 0 Å². The van der Waals surface area contributed by atoms with E-state index >= 15 is 0 Å². The van der Waals surface area contributed by atoms with E-state index in [0.717, 1.165) is 5.69 Å². The van der Waals surface area contributed by atoms with Crippen LogP contribution in [-0.2, 0) is 0 Å². The molecular formula is C8H11N3O. The number of nitrogens with one attached hydrogen (secondary N) is 1. The van der Waals surface area contributed by atoms with Crippen molar-refractivity contribution in [3.8, 4) is 0 Å². The Hall–Kier alpha value is -1.71. The van der Waals surface area contributed by atoms with Crippen molar-refractivity contribution in [3.63, 3.8) is 0 Å². The fraction of sp³-hybridized carbons (Fsp3) is 0.125. The molecule has 0 heterocycles. The SMILES string of the molecule is CNc1ccc(/C(N)=N\O)cc1. The molecule has 0 aliphatic rings. The van der Waals surface area contributed by atoms with Crippen molar-refractivity contribution >= 4 is 11.5 Å². The van der Waals surface area contributed by atoms with E-state index in [0.29, 0.717) is 5.56 Å². The monoisotopic (exact) mass is 165 g/mol. The van der Waals surface area contributed by atoms with Crippen molar-refractivity contribution in [2.45, 2.75) is 0 Å². The summed E-state index contributed by atoms with van der Waals surface area (Å²) < 4.78 is 0. The van der Waals surface area contributed by atoms with Crippen molar-refractivity contribution in [2.24, 2.45) is 10.9 Å². The molecule has 0 amide bonds. The highest BCUT2D eigenvalue weighted by atomic mass is 16.4. The Kier molecular flexibility index (Phi) is 2.53. The van der Waals surface area contributed by atoms with Crippen LogP contribution >= 0.6 is 0 Å². The molecule has 0 atom stereocenters. The van der Waals surface area contributed by atoms with Gasteiger partial charge in [0.1, 0.15) is 0 Å². The van der Waals surface area contributed by atoms with Gasteiger partial charge in [-0.25, -0.2) is 0 Å². The fourth-order valence-corrected chi connectivity index (χ4v) is 0.865. The van der Waals surface area contributed by atoms with Gasteiger partial charge in [-0.05, 0) is 24.3 Å².